The van der Waals surface area contributed by atoms with Crippen molar-refractivity contribution in [2.75, 3.05) is 4.72 Å². The number of benzene rings is 1. The van der Waals surface area contributed by atoms with Gasteiger partial charge in [0.25, 0.3) is 10.0 Å². The van der Waals surface area contributed by atoms with Gasteiger partial charge in [0, 0.05) is 6.20 Å². The van der Waals surface area contributed by atoms with E-state index in [2.05, 4.69) is 9.71 Å². The summed E-state index contributed by atoms with van der Waals surface area (Å²) in [6.45, 7) is 1.66. The number of aromatic nitrogens is 1. The van der Waals surface area contributed by atoms with Crippen LogP contribution in [0.4, 0.5) is 5.69 Å². The Morgan fingerprint density at radius 3 is 2.70 bits per heavy atom. The zero-order chi connectivity index (χ0) is 14.8. The van der Waals surface area contributed by atoms with E-state index in [4.69, 9.17) is 5.26 Å². The summed E-state index contributed by atoms with van der Waals surface area (Å²) in [5.74, 6) is -0.184. The summed E-state index contributed by atoms with van der Waals surface area (Å²) < 4.78 is 26.8. The van der Waals surface area contributed by atoms with Gasteiger partial charge in [0.1, 0.15) is 16.7 Å². The first-order valence-corrected chi connectivity index (χ1v) is 7.10. The zero-order valence-corrected chi connectivity index (χ0v) is 11.3. The van der Waals surface area contributed by atoms with Gasteiger partial charge in [-0.3, -0.25) is 4.72 Å². The van der Waals surface area contributed by atoms with Crippen LogP contribution in [0.1, 0.15) is 11.3 Å². The minimum absolute atomic E-state index is 0.0836. The van der Waals surface area contributed by atoms with Crippen LogP contribution >= 0.6 is 0 Å². The summed E-state index contributed by atoms with van der Waals surface area (Å²) in [5, 5.41) is 18.6. The molecule has 0 unspecified atom stereocenters. The normalized spacial score (nSPS) is 10.8. The fraction of sp³-hybridized carbons (Fsp3) is 0.0769. The molecule has 1 aromatic carbocycles. The van der Waals surface area contributed by atoms with Crippen LogP contribution in [0.25, 0.3) is 0 Å². The first-order valence-electron chi connectivity index (χ1n) is 5.62. The fourth-order valence-corrected chi connectivity index (χ4v) is 2.92. The molecule has 2 rings (SSSR count). The van der Waals surface area contributed by atoms with Gasteiger partial charge in [0.15, 0.2) is 5.69 Å². The van der Waals surface area contributed by atoms with Crippen molar-refractivity contribution in [2.45, 2.75) is 11.8 Å². The molecular weight excluding hydrogens is 278 g/mol. The third kappa shape index (κ3) is 2.55. The first-order chi connectivity index (χ1) is 9.45. The number of aromatic hydroxyl groups is 1. The summed E-state index contributed by atoms with van der Waals surface area (Å²) in [7, 11) is -4.00. The molecule has 20 heavy (non-hydrogen) atoms. The van der Waals surface area contributed by atoms with Crippen molar-refractivity contribution in [1.29, 1.82) is 5.26 Å². The number of nitrogens with one attached hydrogen (secondary N) is 1. The Labute approximate surface area is 116 Å². The van der Waals surface area contributed by atoms with Crippen LogP contribution in [-0.4, -0.2) is 18.5 Å². The predicted octanol–water partition coefficient (Wildman–Crippen LogP) is 1.77. The van der Waals surface area contributed by atoms with Gasteiger partial charge in [-0.2, -0.15) is 5.26 Å². The maximum atomic E-state index is 12.3. The van der Waals surface area contributed by atoms with Gasteiger partial charge in [-0.15, -0.1) is 0 Å². The highest BCUT2D eigenvalue weighted by Crippen LogP contribution is 2.29. The first kappa shape index (κ1) is 13.8. The molecule has 102 valence electrons. The molecule has 0 amide bonds. The molecule has 7 heteroatoms. The Balaban J connectivity index is 2.50. The number of phenols is 1. The van der Waals surface area contributed by atoms with Crippen LogP contribution in [0.3, 0.4) is 0 Å². The molecule has 0 radical (unpaired) electrons. The smallest absolute Gasteiger partial charge is 0.264 e. The van der Waals surface area contributed by atoms with Crippen molar-refractivity contribution >= 4 is 15.7 Å². The van der Waals surface area contributed by atoms with Gasteiger partial charge in [-0.1, -0.05) is 12.1 Å². The average molecular weight is 289 g/mol. The minimum atomic E-state index is -4.00. The van der Waals surface area contributed by atoms with Crippen LogP contribution in [-0.2, 0) is 10.0 Å². The van der Waals surface area contributed by atoms with E-state index in [1.165, 1.54) is 24.4 Å². The molecule has 0 aliphatic rings. The van der Waals surface area contributed by atoms with Crippen LogP contribution in [0.15, 0.2) is 41.4 Å². The molecule has 2 N–H and O–H groups in total. The largest absolute Gasteiger partial charge is 0.506 e. The van der Waals surface area contributed by atoms with E-state index in [0.717, 1.165) is 0 Å². The molecule has 2 aromatic rings. The number of para-hydroxylation sites is 1. The minimum Gasteiger partial charge on any atom is -0.506 e. The highest BCUT2D eigenvalue weighted by molar-refractivity contribution is 7.92. The number of hydrogen-bond donors (Lipinski definition) is 2. The van der Waals surface area contributed by atoms with E-state index in [1.54, 1.807) is 25.1 Å². The molecule has 0 aliphatic carbocycles. The molecule has 1 aromatic heterocycles. The van der Waals surface area contributed by atoms with Crippen LogP contribution in [0, 0.1) is 18.3 Å². The number of anilines is 1. The lowest BCUT2D eigenvalue weighted by molar-refractivity contribution is 0.477. The summed E-state index contributed by atoms with van der Waals surface area (Å²) in [4.78, 5) is 3.48. The molecule has 6 nitrogen and oxygen atoms in total. The Morgan fingerprint density at radius 1 is 1.30 bits per heavy atom. The molecule has 0 fully saturated rings. The number of pyridine rings is 1. The second-order valence-electron chi connectivity index (χ2n) is 4.04. The van der Waals surface area contributed by atoms with Gasteiger partial charge in [-0.05, 0) is 30.7 Å². The zero-order valence-electron chi connectivity index (χ0n) is 10.5. The topological polar surface area (TPSA) is 103 Å². The molecule has 0 bridgehead atoms. The van der Waals surface area contributed by atoms with E-state index in [9.17, 15) is 13.5 Å². The summed E-state index contributed by atoms with van der Waals surface area (Å²) in [6.07, 6.45) is 1.34. The third-order valence-electron chi connectivity index (χ3n) is 2.65. The molecular formula is C13H11N3O3S. The third-order valence-corrected chi connectivity index (χ3v) is 4.03. The van der Waals surface area contributed by atoms with Crippen molar-refractivity contribution in [3.05, 3.63) is 47.8 Å². The quantitative estimate of drug-likeness (QED) is 0.838. The Bertz CT molecular complexity index is 774. The van der Waals surface area contributed by atoms with Crippen molar-refractivity contribution in [3.63, 3.8) is 0 Å². The van der Waals surface area contributed by atoms with Crippen LogP contribution in [0.2, 0.25) is 0 Å². The molecule has 0 atom stereocenters. The Hall–Kier alpha value is -2.59. The lowest BCUT2D eigenvalue weighted by Crippen LogP contribution is -2.15. The SMILES string of the molecule is Cc1cccc(O)c1NS(=O)(=O)c1cccnc1C#N. The standard InChI is InChI=1S/C13H11N3O3S/c1-9-4-2-5-11(17)13(9)16-20(18,19)12-6-3-7-15-10(12)8-14/h2-7,16-17H,1H3. The number of sulfonamides is 1. The van der Waals surface area contributed by atoms with E-state index in [-0.39, 0.29) is 22.0 Å². The highest BCUT2D eigenvalue weighted by atomic mass is 32.2. The maximum absolute atomic E-state index is 12.3. The van der Waals surface area contributed by atoms with Crippen molar-refractivity contribution in [2.24, 2.45) is 0 Å². The highest BCUT2D eigenvalue weighted by Gasteiger charge is 2.21. The van der Waals surface area contributed by atoms with Gasteiger partial charge in [0.05, 0.1) is 5.69 Å². The number of phenolic OH excluding ortho intramolecular Hbond substituents is 1. The molecule has 0 spiro atoms. The molecule has 0 saturated carbocycles. The average Bonchev–Trinajstić information content (AvgIpc) is 2.43. The second-order valence-corrected chi connectivity index (χ2v) is 5.69. The maximum Gasteiger partial charge on any atom is 0.264 e. The summed E-state index contributed by atoms with van der Waals surface area (Å²) >= 11 is 0. The monoisotopic (exact) mass is 289 g/mol. The van der Waals surface area contributed by atoms with Gasteiger partial charge in [-0.25, -0.2) is 13.4 Å². The van der Waals surface area contributed by atoms with Crippen molar-refractivity contribution in [1.82, 2.24) is 4.98 Å². The summed E-state index contributed by atoms with van der Waals surface area (Å²) in [5.41, 5.74) is 0.448. The number of rotatable bonds is 3. The number of hydrogen-bond acceptors (Lipinski definition) is 5. The van der Waals surface area contributed by atoms with E-state index in [0.29, 0.717) is 5.56 Å². The van der Waals surface area contributed by atoms with Crippen LogP contribution in [0.5, 0.6) is 5.75 Å². The van der Waals surface area contributed by atoms with E-state index in [1.807, 2.05) is 0 Å². The lowest BCUT2D eigenvalue weighted by Gasteiger charge is -2.12. The number of nitrogens with zero attached hydrogens (tertiary/aromatic N) is 2. The van der Waals surface area contributed by atoms with Gasteiger partial charge in [0.2, 0.25) is 0 Å². The molecule has 1 heterocycles. The van der Waals surface area contributed by atoms with Gasteiger partial charge < -0.3 is 5.11 Å². The van der Waals surface area contributed by atoms with Crippen LogP contribution < -0.4 is 4.72 Å². The Morgan fingerprint density at radius 2 is 2.05 bits per heavy atom. The van der Waals surface area contributed by atoms with E-state index >= 15 is 0 Å². The predicted molar refractivity (Wildman–Crippen MR) is 72.6 cm³/mol. The molecule has 0 saturated heterocycles. The van der Waals surface area contributed by atoms with Crippen molar-refractivity contribution in [3.8, 4) is 11.8 Å². The van der Waals surface area contributed by atoms with Gasteiger partial charge >= 0.3 is 0 Å². The Kier molecular flexibility index (Phi) is 3.59. The fourth-order valence-electron chi connectivity index (χ4n) is 1.67. The summed E-state index contributed by atoms with van der Waals surface area (Å²) in [6, 6.07) is 9.07. The number of nitriles is 1. The molecule has 0 aliphatic heterocycles. The number of aryl methyl sites for hydroxylation is 1. The van der Waals surface area contributed by atoms with Crippen molar-refractivity contribution < 1.29 is 13.5 Å². The van der Waals surface area contributed by atoms with E-state index < -0.39 is 10.0 Å². The second kappa shape index (κ2) is 5.19. The lowest BCUT2D eigenvalue weighted by atomic mass is 10.2.